The molecule has 0 aliphatic heterocycles. The number of aromatic amines is 1. The molecule has 0 aliphatic carbocycles. The second-order valence-electron chi connectivity index (χ2n) is 8.58. The number of carbonyl (C=O) groups is 1. The summed E-state index contributed by atoms with van der Waals surface area (Å²) in [7, 11) is 4.56. The maximum absolute atomic E-state index is 12.9. The summed E-state index contributed by atoms with van der Waals surface area (Å²) in [6.45, 7) is 6.81. The maximum atomic E-state index is 12.9. The first-order valence-electron chi connectivity index (χ1n) is 11.6. The van der Waals surface area contributed by atoms with Gasteiger partial charge in [0.25, 0.3) is 5.56 Å². The van der Waals surface area contributed by atoms with Gasteiger partial charge >= 0.3 is 5.69 Å². The molecule has 194 valence electrons. The monoisotopic (exact) mass is 491 g/mol. The zero-order chi connectivity index (χ0) is 26.1. The Bertz CT molecular complexity index is 1100. The molecular formula is C24H37N5O6. The van der Waals surface area contributed by atoms with E-state index in [1.54, 1.807) is 17.0 Å². The molecule has 0 saturated heterocycles. The third-order valence-corrected chi connectivity index (χ3v) is 5.40. The van der Waals surface area contributed by atoms with Crippen molar-refractivity contribution in [2.45, 2.75) is 46.7 Å². The molecular weight excluding hydrogens is 454 g/mol. The van der Waals surface area contributed by atoms with Crippen LogP contribution in [0.3, 0.4) is 0 Å². The summed E-state index contributed by atoms with van der Waals surface area (Å²) >= 11 is 0. The van der Waals surface area contributed by atoms with Crippen molar-refractivity contribution < 1.29 is 19.0 Å². The lowest BCUT2D eigenvalue weighted by atomic mass is 10.1. The highest BCUT2D eigenvalue weighted by Crippen LogP contribution is 2.38. The molecule has 35 heavy (non-hydrogen) atoms. The molecule has 0 spiro atoms. The average Bonchev–Trinajstić information content (AvgIpc) is 2.81. The normalized spacial score (nSPS) is 10.8. The number of methoxy groups -OCH3 is 3. The number of nitrogens with one attached hydrogen (secondary N) is 2. The maximum Gasteiger partial charge on any atom is 0.330 e. The Morgan fingerprint density at radius 2 is 1.77 bits per heavy atom. The second-order valence-corrected chi connectivity index (χ2v) is 8.58. The van der Waals surface area contributed by atoms with Crippen LogP contribution < -0.4 is 41.4 Å². The zero-order valence-corrected chi connectivity index (χ0v) is 21.4. The Hall–Kier alpha value is -3.63. The Morgan fingerprint density at radius 1 is 1.14 bits per heavy atom. The van der Waals surface area contributed by atoms with E-state index in [2.05, 4.69) is 10.3 Å². The average molecular weight is 492 g/mol. The number of ether oxygens (including phenoxy) is 3. The van der Waals surface area contributed by atoms with Gasteiger partial charge in [-0.2, -0.15) is 0 Å². The van der Waals surface area contributed by atoms with E-state index in [0.717, 1.165) is 18.4 Å². The molecule has 11 nitrogen and oxygen atoms in total. The van der Waals surface area contributed by atoms with Gasteiger partial charge in [-0.05, 0) is 30.0 Å². The summed E-state index contributed by atoms with van der Waals surface area (Å²) in [5.41, 5.74) is 5.96. The fourth-order valence-electron chi connectivity index (χ4n) is 3.76. The highest BCUT2D eigenvalue weighted by atomic mass is 16.5. The number of nitrogen functional groups attached to an aromatic ring is 1. The Kier molecular flexibility index (Phi) is 10.0. The number of amides is 1. The van der Waals surface area contributed by atoms with Crippen LogP contribution in [0.5, 0.6) is 17.2 Å². The standard InChI is InChI=1S/C24H37N5O6/c1-7-8-9-29-22(25)20(23(31)27-24(29)32)28(13-15(2)3)14-19(30)26-12-16-10-17(33-4)21(35-6)18(11-16)34-5/h10-11,15H,7-9,12-14,25H2,1-6H3,(H,26,30)(H,27,31,32). The first-order valence-corrected chi connectivity index (χ1v) is 11.6. The van der Waals surface area contributed by atoms with Crippen molar-refractivity contribution >= 4 is 17.4 Å². The van der Waals surface area contributed by atoms with Crippen LogP contribution in [0.15, 0.2) is 21.7 Å². The van der Waals surface area contributed by atoms with E-state index >= 15 is 0 Å². The number of anilines is 2. The first-order chi connectivity index (χ1) is 16.7. The SMILES string of the molecule is CCCCn1c(N)c(N(CC(=O)NCc2cc(OC)c(OC)c(OC)c2)CC(C)C)c(=O)[nH]c1=O. The third-order valence-electron chi connectivity index (χ3n) is 5.40. The molecule has 0 atom stereocenters. The van der Waals surface area contributed by atoms with E-state index in [1.807, 2.05) is 20.8 Å². The minimum Gasteiger partial charge on any atom is -0.493 e. The lowest BCUT2D eigenvalue weighted by Gasteiger charge is -2.27. The van der Waals surface area contributed by atoms with Crippen LogP contribution in [-0.2, 0) is 17.9 Å². The van der Waals surface area contributed by atoms with Crippen molar-refractivity contribution in [2.75, 3.05) is 45.1 Å². The highest BCUT2D eigenvalue weighted by molar-refractivity contribution is 5.82. The topological polar surface area (TPSA) is 141 Å². The molecule has 0 aliphatic rings. The molecule has 0 bridgehead atoms. The fourth-order valence-corrected chi connectivity index (χ4v) is 3.76. The molecule has 2 aromatic rings. The zero-order valence-electron chi connectivity index (χ0n) is 21.4. The van der Waals surface area contributed by atoms with Crippen LogP contribution >= 0.6 is 0 Å². The summed E-state index contributed by atoms with van der Waals surface area (Å²) in [4.78, 5) is 41.9. The van der Waals surface area contributed by atoms with Gasteiger partial charge in [-0.1, -0.05) is 27.2 Å². The lowest BCUT2D eigenvalue weighted by molar-refractivity contribution is -0.119. The van der Waals surface area contributed by atoms with E-state index < -0.39 is 11.2 Å². The predicted octanol–water partition coefficient (Wildman–Crippen LogP) is 1.72. The van der Waals surface area contributed by atoms with E-state index in [-0.39, 0.29) is 36.4 Å². The van der Waals surface area contributed by atoms with Crippen LogP contribution in [0.25, 0.3) is 0 Å². The number of nitrogens with two attached hydrogens (primary N) is 1. The van der Waals surface area contributed by atoms with Crippen molar-refractivity contribution in [2.24, 2.45) is 5.92 Å². The predicted molar refractivity (Wildman–Crippen MR) is 136 cm³/mol. The van der Waals surface area contributed by atoms with Crippen LogP contribution in [0.1, 0.15) is 39.2 Å². The molecule has 2 rings (SSSR count). The van der Waals surface area contributed by atoms with Gasteiger partial charge in [0.1, 0.15) is 11.5 Å². The van der Waals surface area contributed by atoms with Gasteiger partial charge < -0.3 is 30.2 Å². The number of carbonyl (C=O) groups excluding carboxylic acids is 1. The van der Waals surface area contributed by atoms with Crippen LogP contribution in [0.4, 0.5) is 11.5 Å². The molecule has 11 heteroatoms. The number of aromatic nitrogens is 2. The van der Waals surface area contributed by atoms with Gasteiger partial charge in [-0.3, -0.25) is 19.1 Å². The molecule has 4 N–H and O–H groups in total. The first kappa shape index (κ1) is 27.6. The van der Waals surface area contributed by atoms with Crippen molar-refractivity contribution in [3.63, 3.8) is 0 Å². The van der Waals surface area contributed by atoms with Gasteiger partial charge in [0, 0.05) is 19.6 Å². The fraction of sp³-hybridized carbons (Fsp3) is 0.542. The van der Waals surface area contributed by atoms with Crippen molar-refractivity contribution in [3.05, 3.63) is 38.5 Å². The van der Waals surface area contributed by atoms with Gasteiger partial charge in [0.2, 0.25) is 11.7 Å². The van der Waals surface area contributed by atoms with E-state index in [4.69, 9.17) is 19.9 Å². The summed E-state index contributed by atoms with van der Waals surface area (Å²) in [5, 5.41) is 2.86. The molecule has 1 aromatic carbocycles. The number of nitrogens with zero attached hydrogens (tertiary/aromatic N) is 2. The smallest absolute Gasteiger partial charge is 0.330 e. The summed E-state index contributed by atoms with van der Waals surface area (Å²) in [5.74, 6) is 1.29. The molecule has 0 fully saturated rings. The van der Waals surface area contributed by atoms with E-state index in [1.165, 1.54) is 25.9 Å². The van der Waals surface area contributed by atoms with Crippen molar-refractivity contribution in [3.8, 4) is 17.2 Å². The highest BCUT2D eigenvalue weighted by Gasteiger charge is 2.22. The molecule has 1 heterocycles. The Balaban J connectivity index is 2.28. The number of benzene rings is 1. The minimum absolute atomic E-state index is 0.0604. The van der Waals surface area contributed by atoms with Crippen LogP contribution in [0.2, 0.25) is 0 Å². The largest absolute Gasteiger partial charge is 0.493 e. The third kappa shape index (κ3) is 6.93. The van der Waals surface area contributed by atoms with Gasteiger partial charge in [-0.15, -0.1) is 0 Å². The van der Waals surface area contributed by atoms with Crippen molar-refractivity contribution in [1.82, 2.24) is 14.9 Å². The summed E-state index contributed by atoms with van der Waals surface area (Å²) in [6.07, 6.45) is 1.59. The van der Waals surface area contributed by atoms with Crippen LogP contribution in [0, 0.1) is 5.92 Å². The number of hydrogen-bond donors (Lipinski definition) is 3. The summed E-state index contributed by atoms with van der Waals surface area (Å²) < 4.78 is 17.4. The Labute approximate surface area is 205 Å². The number of rotatable bonds is 13. The molecule has 1 aromatic heterocycles. The quantitative estimate of drug-likeness (QED) is 0.385. The summed E-state index contributed by atoms with van der Waals surface area (Å²) in [6, 6.07) is 3.50. The molecule has 0 unspecified atom stereocenters. The lowest BCUT2D eigenvalue weighted by Crippen LogP contribution is -2.44. The molecule has 0 saturated carbocycles. The van der Waals surface area contributed by atoms with Gasteiger partial charge in [0.15, 0.2) is 11.5 Å². The minimum atomic E-state index is -0.613. The second kappa shape index (κ2) is 12.7. The van der Waals surface area contributed by atoms with Crippen LogP contribution in [-0.4, -0.2) is 49.9 Å². The molecule has 0 radical (unpaired) electrons. The van der Waals surface area contributed by atoms with Crippen molar-refractivity contribution in [1.29, 1.82) is 0 Å². The van der Waals surface area contributed by atoms with E-state index in [9.17, 15) is 14.4 Å². The van der Waals surface area contributed by atoms with Gasteiger partial charge in [0.05, 0.1) is 27.9 Å². The number of H-pyrrole nitrogens is 1. The van der Waals surface area contributed by atoms with E-state index in [0.29, 0.717) is 30.3 Å². The van der Waals surface area contributed by atoms with Gasteiger partial charge in [-0.25, -0.2) is 4.79 Å². The molecule has 1 amide bonds. The number of unbranched alkanes of at least 4 members (excludes halogenated alkanes) is 1. The number of hydrogen-bond acceptors (Lipinski definition) is 8. The Morgan fingerprint density at radius 3 is 2.29 bits per heavy atom.